The second-order valence-electron chi connectivity index (χ2n) is 5.42. The average molecular weight is 294 g/mol. The molecule has 22 heavy (non-hydrogen) atoms. The Kier molecular flexibility index (Phi) is 3.15. The van der Waals surface area contributed by atoms with Crippen molar-refractivity contribution in [3.63, 3.8) is 0 Å². The van der Waals surface area contributed by atoms with Crippen LogP contribution in [0.15, 0.2) is 55.1 Å². The molecule has 0 unspecified atom stereocenters. The molecule has 1 aliphatic rings. The van der Waals surface area contributed by atoms with Crippen LogP contribution in [0.2, 0.25) is 0 Å². The van der Waals surface area contributed by atoms with Gasteiger partial charge in [0.05, 0.1) is 6.33 Å². The SMILES string of the molecule is Fc1ccc(Oc2ccc(-n3ccnc3)cc2)c2c1CCC2. The fraction of sp³-hybridized carbons (Fsp3) is 0.167. The minimum atomic E-state index is -0.115. The molecular formula is C18H15FN2O. The smallest absolute Gasteiger partial charge is 0.131 e. The number of nitrogens with zero attached hydrogens (tertiary/aromatic N) is 2. The quantitative estimate of drug-likeness (QED) is 0.720. The first-order valence-electron chi connectivity index (χ1n) is 7.38. The van der Waals surface area contributed by atoms with Crippen LogP contribution in [0, 0.1) is 5.82 Å². The van der Waals surface area contributed by atoms with Gasteiger partial charge in [-0.1, -0.05) is 0 Å². The van der Waals surface area contributed by atoms with Crippen LogP contribution in [0.5, 0.6) is 11.5 Å². The van der Waals surface area contributed by atoms with Crippen molar-refractivity contribution in [2.24, 2.45) is 0 Å². The van der Waals surface area contributed by atoms with Crippen LogP contribution >= 0.6 is 0 Å². The molecule has 0 saturated carbocycles. The highest BCUT2D eigenvalue weighted by Crippen LogP contribution is 2.35. The van der Waals surface area contributed by atoms with Crippen LogP contribution in [0.4, 0.5) is 4.39 Å². The summed E-state index contributed by atoms with van der Waals surface area (Å²) in [5.41, 5.74) is 2.85. The summed E-state index contributed by atoms with van der Waals surface area (Å²) in [5, 5.41) is 0. The molecule has 4 rings (SSSR count). The highest BCUT2D eigenvalue weighted by atomic mass is 19.1. The summed E-state index contributed by atoms with van der Waals surface area (Å²) in [4.78, 5) is 4.03. The zero-order valence-corrected chi connectivity index (χ0v) is 12.0. The first kappa shape index (κ1) is 13.1. The maximum atomic E-state index is 13.8. The van der Waals surface area contributed by atoms with Crippen molar-refractivity contribution in [2.75, 3.05) is 0 Å². The standard InChI is InChI=1S/C18H15FN2O/c19-17-8-9-18(16-3-1-2-15(16)17)22-14-6-4-13(5-7-14)21-11-10-20-12-21/h4-12H,1-3H2. The van der Waals surface area contributed by atoms with Crippen molar-refractivity contribution in [1.29, 1.82) is 0 Å². The molecule has 2 aromatic carbocycles. The molecule has 1 heterocycles. The lowest BCUT2D eigenvalue weighted by atomic mass is 10.1. The van der Waals surface area contributed by atoms with E-state index >= 15 is 0 Å². The van der Waals surface area contributed by atoms with E-state index in [0.29, 0.717) is 0 Å². The molecule has 1 aliphatic carbocycles. The number of hydrogen-bond acceptors (Lipinski definition) is 2. The molecule has 0 fully saturated rings. The fourth-order valence-electron chi connectivity index (χ4n) is 2.95. The Morgan fingerprint density at radius 2 is 1.82 bits per heavy atom. The van der Waals surface area contributed by atoms with Crippen molar-refractivity contribution in [2.45, 2.75) is 19.3 Å². The summed E-state index contributed by atoms with van der Waals surface area (Å²) in [6.45, 7) is 0. The molecule has 0 N–H and O–H groups in total. The Labute approximate surface area is 128 Å². The number of rotatable bonds is 3. The second kappa shape index (κ2) is 5.30. The third-order valence-corrected chi connectivity index (χ3v) is 4.05. The minimum Gasteiger partial charge on any atom is -0.457 e. The van der Waals surface area contributed by atoms with Crippen molar-refractivity contribution in [3.05, 3.63) is 72.1 Å². The van der Waals surface area contributed by atoms with Gasteiger partial charge >= 0.3 is 0 Å². The van der Waals surface area contributed by atoms with Gasteiger partial charge in [-0.05, 0) is 61.2 Å². The van der Waals surface area contributed by atoms with Gasteiger partial charge in [-0.3, -0.25) is 0 Å². The Morgan fingerprint density at radius 3 is 2.59 bits per heavy atom. The predicted molar refractivity (Wildman–Crippen MR) is 82.1 cm³/mol. The van der Waals surface area contributed by atoms with Gasteiger partial charge < -0.3 is 9.30 Å². The lowest BCUT2D eigenvalue weighted by Gasteiger charge is -2.11. The molecule has 0 atom stereocenters. The molecule has 0 aliphatic heterocycles. The second-order valence-corrected chi connectivity index (χ2v) is 5.42. The number of ether oxygens (including phenoxy) is 1. The first-order chi connectivity index (χ1) is 10.8. The van der Waals surface area contributed by atoms with Crippen LogP contribution in [0.25, 0.3) is 5.69 Å². The van der Waals surface area contributed by atoms with Gasteiger partial charge in [-0.2, -0.15) is 0 Å². The van der Waals surface area contributed by atoms with Gasteiger partial charge in [0, 0.05) is 23.6 Å². The molecule has 0 saturated heterocycles. The molecule has 0 radical (unpaired) electrons. The minimum absolute atomic E-state index is 0.115. The number of benzene rings is 2. The van der Waals surface area contributed by atoms with E-state index in [2.05, 4.69) is 4.98 Å². The molecule has 0 spiro atoms. The normalized spacial score (nSPS) is 13.1. The molecule has 0 bridgehead atoms. The molecule has 0 amide bonds. The molecule has 110 valence electrons. The van der Waals surface area contributed by atoms with Gasteiger partial charge in [0.15, 0.2) is 0 Å². The van der Waals surface area contributed by atoms with Gasteiger partial charge in [0.2, 0.25) is 0 Å². The molecular weight excluding hydrogens is 279 g/mol. The van der Waals surface area contributed by atoms with E-state index in [0.717, 1.165) is 47.6 Å². The summed E-state index contributed by atoms with van der Waals surface area (Å²) in [6, 6.07) is 11.0. The highest BCUT2D eigenvalue weighted by Gasteiger charge is 2.19. The largest absolute Gasteiger partial charge is 0.457 e. The highest BCUT2D eigenvalue weighted by molar-refractivity contribution is 5.47. The third-order valence-electron chi connectivity index (χ3n) is 4.05. The lowest BCUT2D eigenvalue weighted by Crippen LogP contribution is -1.95. The third kappa shape index (κ3) is 2.26. The topological polar surface area (TPSA) is 27.1 Å². The lowest BCUT2D eigenvalue weighted by molar-refractivity contribution is 0.474. The molecule has 3 nitrogen and oxygen atoms in total. The zero-order chi connectivity index (χ0) is 14.9. The van der Waals surface area contributed by atoms with E-state index in [-0.39, 0.29) is 5.82 Å². The number of aromatic nitrogens is 2. The van der Waals surface area contributed by atoms with Gasteiger partial charge in [0.25, 0.3) is 0 Å². The van der Waals surface area contributed by atoms with E-state index in [9.17, 15) is 4.39 Å². The Balaban J connectivity index is 1.61. The maximum absolute atomic E-state index is 13.8. The summed E-state index contributed by atoms with van der Waals surface area (Å²) in [7, 11) is 0. The van der Waals surface area contributed by atoms with Crippen LogP contribution in [-0.4, -0.2) is 9.55 Å². The Bertz CT molecular complexity index is 795. The van der Waals surface area contributed by atoms with E-state index in [1.807, 2.05) is 35.0 Å². The summed E-state index contributed by atoms with van der Waals surface area (Å²) in [5.74, 6) is 1.41. The maximum Gasteiger partial charge on any atom is 0.131 e. The number of halogens is 1. The summed E-state index contributed by atoms with van der Waals surface area (Å²) in [6.07, 6.45) is 8.07. The molecule has 4 heteroatoms. The monoisotopic (exact) mass is 294 g/mol. The van der Waals surface area contributed by atoms with Crippen molar-refractivity contribution in [1.82, 2.24) is 9.55 Å². The number of fused-ring (bicyclic) bond motifs is 1. The van der Waals surface area contributed by atoms with Crippen LogP contribution in [0.3, 0.4) is 0 Å². The Morgan fingerprint density at radius 1 is 1.00 bits per heavy atom. The molecule has 3 aromatic rings. The zero-order valence-electron chi connectivity index (χ0n) is 12.0. The Hall–Kier alpha value is -2.62. The number of hydrogen-bond donors (Lipinski definition) is 0. The van der Waals surface area contributed by atoms with Crippen LogP contribution in [-0.2, 0) is 12.8 Å². The van der Waals surface area contributed by atoms with E-state index in [4.69, 9.17) is 4.74 Å². The first-order valence-corrected chi connectivity index (χ1v) is 7.38. The van der Waals surface area contributed by atoms with Gasteiger partial charge in [-0.25, -0.2) is 9.37 Å². The van der Waals surface area contributed by atoms with E-state index in [1.165, 1.54) is 6.07 Å². The fourth-order valence-corrected chi connectivity index (χ4v) is 2.95. The van der Waals surface area contributed by atoms with Crippen molar-refractivity contribution < 1.29 is 9.13 Å². The van der Waals surface area contributed by atoms with Gasteiger partial charge in [-0.15, -0.1) is 0 Å². The molecule has 1 aromatic heterocycles. The summed E-state index contributed by atoms with van der Waals surface area (Å²) < 4.78 is 21.6. The van der Waals surface area contributed by atoms with Crippen LogP contribution in [0.1, 0.15) is 17.5 Å². The predicted octanol–water partition coefficient (Wildman–Crippen LogP) is 4.29. The average Bonchev–Trinajstić information content (AvgIpc) is 3.22. The van der Waals surface area contributed by atoms with Crippen molar-refractivity contribution >= 4 is 0 Å². The van der Waals surface area contributed by atoms with Crippen LogP contribution < -0.4 is 4.74 Å². The van der Waals surface area contributed by atoms with E-state index < -0.39 is 0 Å². The van der Waals surface area contributed by atoms with E-state index in [1.54, 1.807) is 18.6 Å². The van der Waals surface area contributed by atoms with Gasteiger partial charge in [0.1, 0.15) is 17.3 Å². The summed E-state index contributed by atoms with van der Waals surface area (Å²) >= 11 is 0. The van der Waals surface area contributed by atoms with Crippen molar-refractivity contribution in [3.8, 4) is 17.2 Å². The number of imidazole rings is 1.